The molecule has 1 unspecified atom stereocenters. The maximum atomic E-state index is 13.2. The zero-order valence-electron chi connectivity index (χ0n) is 15.9. The maximum absolute atomic E-state index is 13.2. The summed E-state index contributed by atoms with van der Waals surface area (Å²) in [6, 6.07) is 8.90. The number of aldehydes is 2. The molecule has 0 spiro atoms. The van der Waals surface area contributed by atoms with E-state index < -0.39 is 6.04 Å². The first-order valence-corrected chi connectivity index (χ1v) is 9.01. The summed E-state index contributed by atoms with van der Waals surface area (Å²) in [6.07, 6.45) is 1.11. The summed E-state index contributed by atoms with van der Waals surface area (Å²) in [4.78, 5) is 37.5. The normalized spacial score (nSPS) is 16.2. The van der Waals surface area contributed by atoms with E-state index in [1.807, 2.05) is 0 Å². The van der Waals surface area contributed by atoms with Crippen molar-refractivity contribution in [2.24, 2.45) is 0 Å². The fraction of sp³-hybridized carbons (Fsp3) is 0.286. The van der Waals surface area contributed by atoms with Crippen molar-refractivity contribution in [3.8, 4) is 17.2 Å². The third-order valence-electron chi connectivity index (χ3n) is 4.71. The first-order chi connectivity index (χ1) is 14.1. The van der Waals surface area contributed by atoms with Gasteiger partial charge in [0.2, 0.25) is 0 Å². The molecule has 2 aromatic carbocycles. The van der Waals surface area contributed by atoms with Crippen LogP contribution in [0.5, 0.6) is 17.2 Å². The molecule has 1 atom stereocenters. The van der Waals surface area contributed by atoms with Gasteiger partial charge in [-0.1, -0.05) is 12.1 Å². The number of carbonyl (C=O) groups excluding carboxylic acids is 3. The van der Waals surface area contributed by atoms with Crippen molar-refractivity contribution in [2.45, 2.75) is 6.04 Å². The Bertz CT molecular complexity index is 912. The van der Waals surface area contributed by atoms with E-state index in [0.717, 1.165) is 0 Å². The van der Waals surface area contributed by atoms with Crippen molar-refractivity contribution < 1.29 is 33.7 Å². The Hall–Kier alpha value is -3.39. The van der Waals surface area contributed by atoms with E-state index in [2.05, 4.69) is 0 Å². The summed E-state index contributed by atoms with van der Waals surface area (Å²) in [6.45, 7) is 0.967. The molecule has 0 radical (unpaired) electrons. The molecule has 3 rings (SSSR count). The lowest BCUT2D eigenvalue weighted by Gasteiger charge is -2.35. The van der Waals surface area contributed by atoms with Gasteiger partial charge in [-0.25, -0.2) is 0 Å². The van der Waals surface area contributed by atoms with Crippen LogP contribution >= 0.6 is 0 Å². The second kappa shape index (κ2) is 9.20. The van der Waals surface area contributed by atoms with E-state index in [-0.39, 0.29) is 47.3 Å². The van der Waals surface area contributed by atoms with Gasteiger partial charge in [0.15, 0.2) is 12.6 Å². The molecule has 1 N–H and O–H groups in total. The quantitative estimate of drug-likeness (QED) is 0.710. The highest BCUT2D eigenvalue weighted by Gasteiger charge is 2.30. The Kier molecular flexibility index (Phi) is 6.46. The average molecular weight is 399 g/mol. The molecule has 1 aliphatic rings. The molecule has 1 saturated heterocycles. The molecule has 152 valence electrons. The van der Waals surface area contributed by atoms with Crippen molar-refractivity contribution in [2.75, 3.05) is 33.5 Å². The van der Waals surface area contributed by atoms with Crippen molar-refractivity contribution in [1.29, 1.82) is 0 Å². The second-order valence-corrected chi connectivity index (χ2v) is 6.38. The van der Waals surface area contributed by atoms with E-state index >= 15 is 0 Å². The van der Waals surface area contributed by atoms with E-state index in [4.69, 9.17) is 14.2 Å². The van der Waals surface area contributed by atoms with Crippen molar-refractivity contribution >= 4 is 18.5 Å². The van der Waals surface area contributed by atoms with Crippen LogP contribution in [-0.4, -0.2) is 68.0 Å². The highest BCUT2D eigenvalue weighted by Crippen LogP contribution is 2.27. The van der Waals surface area contributed by atoms with Gasteiger partial charge in [0.1, 0.15) is 23.9 Å². The van der Waals surface area contributed by atoms with Gasteiger partial charge in [0, 0.05) is 6.54 Å². The topological polar surface area (TPSA) is 102 Å². The monoisotopic (exact) mass is 399 g/mol. The minimum absolute atomic E-state index is 0.0399. The molecule has 2 aromatic rings. The SMILES string of the molecule is COc1cccc(C(=O)N2CCOCC2COc2cccc(O)c2C=O)c1C=O. The average Bonchev–Trinajstić information content (AvgIpc) is 2.76. The van der Waals surface area contributed by atoms with Crippen LogP contribution in [0.1, 0.15) is 31.1 Å². The number of aromatic hydroxyl groups is 1. The Balaban J connectivity index is 1.82. The van der Waals surface area contributed by atoms with Crippen molar-refractivity contribution in [3.63, 3.8) is 0 Å². The minimum atomic E-state index is -0.441. The summed E-state index contributed by atoms with van der Waals surface area (Å²) < 4.78 is 16.4. The molecule has 1 amide bonds. The molecule has 8 heteroatoms. The number of amides is 1. The van der Waals surface area contributed by atoms with Gasteiger partial charge in [0.05, 0.1) is 43.1 Å². The van der Waals surface area contributed by atoms with Gasteiger partial charge in [-0.2, -0.15) is 0 Å². The number of rotatable bonds is 7. The number of methoxy groups -OCH3 is 1. The van der Waals surface area contributed by atoms with Gasteiger partial charge in [-0.3, -0.25) is 14.4 Å². The number of benzene rings is 2. The molecule has 1 aliphatic heterocycles. The van der Waals surface area contributed by atoms with E-state index in [0.29, 0.717) is 31.5 Å². The standard InChI is InChI=1S/C21H21NO7/c1-27-19-6-2-4-15(16(19)10-23)21(26)22-8-9-28-12-14(22)13-29-20-7-3-5-18(25)17(20)11-24/h2-7,10-11,14,25H,8-9,12-13H2,1H3. The number of phenolic OH excluding ortho intramolecular Hbond substituents is 1. The number of carbonyl (C=O) groups is 3. The number of hydrogen-bond acceptors (Lipinski definition) is 7. The van der Waals surface area contributed by atoms with Crippen molar-refractivity contribution in [1.82, 2.24) is 4.90 Å². The predicted molar refractivity (Wildman–Crippen MR) is 103 cm³/mol. The van der Waals surface area contributed by atoms with Crippen LogP contribution in [-0.2, 0) is 4.74 Å². The maximum Gasteiger partial charge on any atom is 0.255 e. The fourth-order valence-electron chi connectivity index (χ4n) is 3.21. The van der Waals surface area contributed by atoms with Gasteiger partial charge in [0.25, 0.3) is 5.91 Å². The molecule has 0 saturated carbocycles. The highest BCUT2D eigenvalue weighted by molar-refractivity contribution is 6.03. The minimum Gasteiger partial charge on any atom is -0.507 e. The first-order valence-electron chi connectivity index (χ1n) is 9.01. The molecular formula is C21H21NO7. The van der Waals surface area contributed by atoms with Crippen LogP contribution in [0.4, 0.5) is 0 Å². The third kappa shape index (κ3) is 4.22. The Morgan fingerprint density at radius 1 is 1.17 bits per heavy atom. The number of hydrogen-bond donors (Lipinski definition) is 1. The van der Waals surface area contributed by atoms with E-state index in [9.17, 15) is 19.5 Å². The summed E-state index contributed by atoms with van der Waals surface area (Å²) in [5.74, 6) is 0.0157. The van der Waals surface area contributed by atoms with Gasteiger partial charge in [-0.15, -0.1) is 0 Å². The van der Waals surface area contributed by atoms with Gasteiger partial charge >= 0.3 is 0 Å². The number of morpholine rings is 1. The van der Waals surface area contributed by atoms with E-state index in [1.54, 1.807) is 35.2 Å². The zero-order valence-corrected chi connectivity index (χ0v) is 15.9. The van der Waals surface area contributed by atoms with Gasteiger partial charge in [-0.05, 0) is 24.3 Å². The second-order valence-electron chi connectivity index (χ2n) is 6.38. The summed E-state index contributed by atoms with van der Waals surface area (Å²) in [5, 5.41) is 9.78. The first kappa shape index (κ1) is 20.3. The van der Waals surface area contributed by atoms with Crippen molar-refractivity contribution in [3.05, 3.63) is 53.1 Å². The summed E-state index contributed by atoms with van der Waals surface area (Å²) in [5.41, 5.74) is 0.456. The molecule has 0 aliphatic carbocycles. The van der Waals surface area contributed by atoms with Crippen LogP contribution < -0.4 is 9.47 Å². The third-order valence-corrected chi connectivity index (χ3v) is 4.71. The zero-order chi connectivity index (χ0) is 20.8. The number of nitrogens with zero attached hydrogens (tertiary/aromatic N) is 1. The predicted octanol–water partition coefficient (Wildman–Crippen LogP) is 1.95. The lowest BCUT2D eigenvalue weighted by atomic mass is 10.0. The Labute approximate surface area is 167 Å². The summed E-state index contributed by atoms with van der Waals surface area (Å²) in [7, 11) is 1.43. The Morgan fingerprint density at radius 2 is 1.90 bits per heavy atom. The molecule has 29 heavy (non-hydrogen) atoms. The molecule has 1 fully saturated rings. The van der Waals surface area contributed by atoms with Crippen LogP contribution in [0, 0.1) is 0 Å². The Morgan fingerprint density at radius 3 is 2.62 bits per heavy atom. The van der Waals surface area contributed by atoms with Crippen LogP contribution in [0.3, 0.4) is 0 Å². The lowest BCUT2D eigenvalue weighted by Crippen LogP contribution is -2.51. The fourth-order valence-corrected chi connectivity index (χ4v) is 3.21. The smallest absolute Gasteiger partial charge is 0.255 e. The van der Waals surface area contributed by atoms with Crippen LogP contribution in [0.2, 0.25) is 0 Å². The van der Waals surface area contributed by atoms with Gasteiger partial charge < -0.3 is 24.2 Å². The summed E-state index contributed by atoms with van der Waals surface area (Å²) >= 11 is 0. The molecular weight excluding hydrogens is 378 g/mol. The highest BCUT2D eigenvalue weighted by atomic mass is 16.5. The molecule has 8 nitrogen and oxygen atoms in total. The number of ether oxygens (including phenoxy) is 3. The molecule has 0 aromatic heterocycles. The van der Waals surface area contributed by atoms with Crippen LogP contribution in [0.25, 0.3) is 0 Å². The molecule has 0 bridgehead atoms. The van der Waals surface area contributed by atoms with Crippen LogP contribution in [0.15, 0.2) is 36.4 Å². The number of phenols is 1. The lowest BCUT2D eigenvalue weighted by molar-refractivity contribution is -0.0151. The van der Waals surface area contributed by atoms with E-state index in [1.165, 1.54) is 13.2 Å². The molecule has 1 heterocycles. The largest absolute Gasteiger partial charge is 0.507 e.